The van der Waals surface area contributed by atoms with Crippen LogP contribution in [0.1, 0.15) is 41.5 Å². The van der Waals surface area contributed by atoms with Crippen LogP contribution in [0.2, 0.25) is 0 Å². The minimum Gasteiger partial charge on any atom is -0.461 e. The van der Waals surface area contributed by atoms with Gasteiger partial charge in [-0.15, -0.1) is 0 Å². The molecular weight excluding hydrogens is 524 g/mol. The lowest BCUT2D eigenvalue weighted by molar-refractivity contribution is -0.176. The van der Waals surface area contributed by atoms with Gasteiger partial charge in [0.1, 0.15) is 24.4 Å². The lowest BCUT2D eigenvalue weighted by Gasteiger charge is -2.45. The zero-order valence-corrected chi connectivity index (χ0v) is 22.5. The molecular formula is C19H31Cl3NO9P. The first-order valence-electron chi connectivity index (χ1n) is 10.6. The molecule has 3 rings (SSSR count). The van der Waals surface area contributed by atoms with Crippen LogP contribution in [0.3, 0.4) is 0 Å². The van der Waals surface area contributed by atoms with E-state index in [1.54, 1.807) is 41.5 Å². The Hall–Kier alpha value is 0.290. The molecule has 1 unspecified atom stereocenters. The fourth-order valence-electron chi connectivity index (χ4n) is 4.00. The Kier molecular flexibility index (Phi) is 8.43. The summed E-state index contributed by atoms with van der Waals surface area (Å²) in [5.41, 5.74) is 0. The molecule has 3 heterocycles. The van der Waals surface area contributed by atoms with Crippen molar-refractivity contribution in [1.82, 2.24) is 0 Å². The van der Waals surface area contributed by atoms with E-state index in [0.29, 0.717) is 0 Å². The highest BCUT2D eigenvalue weighted by molar-refractivity contribution is 7.60. The molecule has 0 amide bonds. The molecule has 0 saturated carbocycles. The molecule has 0 aromatic carbocycles. The number of ether oxygens (including phenoxy) is 7. The predicted molar refractivity (Wildman–Crippen MR) is 121 cm³/mol. The molecule has 0 radical (unpaired) electrons. The van der Waals surface area contributed by atoms with Gasteiger partial charge >= 0.3 is 0 Å². The van der Waals surface area contributed by atoms with Gasteiger partial charge in [-0.3, -0.25) is 9.97 Å². The summed E-state index contributed by atoms with van der Waals surface area (Å²) in [7, 11) is -4.09. The number of nitrogens with one attached hydrogen (secondary N) is 1. The first-order chi connectivity index (χ1) is 15.1. The maximum Gasteiger partial charge on any atom is 0.300 e. The number of rotatable bonds is 7. The molecule has 0 aromatic rings. The lowest BCUT2D eigenvalue weighted by atomic mass is 10.0. The van der Waals surface area contributed by atoms with Gasteiger partial charge in [-0.05, 0) is 41.5 Å². The number of hydrogen-bond acceptors (Lipinski definition) is 10. The molecule has 33 heavy (non-hydrogen) atoms. The molecule has 0 bridgehead atoms. The summed E-state index contributed by atoms with van der Waals surface area (Å²) in [6.07, 6.45) is -3.28. The molecule has 3 saturated heterocycles. The van der Waals surface area contributed by atoms with Crippen molar-refractivity contribution >= 4 is 48.1 Å². The van der Waals surface area contributed by atoms with E-state index in [0.717, 1.165) is 0 Å². The van der Waals surface area contributed by atoms with Gasteiger partial charge in [-0.25, -0.2) is 0 Å². The average molecular weight is 555 g/mol. The molecule has 3 fully saturated rings. The van der Waals surface area contributed by atoms with Crippen LogP contribution in [0.25, 0.3) is 0 Å². The van der Waals surface area contributed by atoms with Crippen molar-refractivity contribution in [3.63, 3.8) is 0 Å². The zero-order chi connectivity index (χ0) is 24.8. The Bertz CT molecular complexity index is 772. The van der Waals surface area contributed by atoms with Crippen molar-refractivity contribution < 1.29 is 42.2 Å². The van der Waals surface area contributed by atoms with Crippen LogP contribution in [-0.4, -0.2) is 77.4 Å². The van der Waals surface area contributed by atoms with Crippen molar-refractivity contribution in [2.24, 2.45) is 0 Å². The Morgan fingerprint density at radius 1 is 1.03 bits per heavy atom. The maximum atomic E-state index is 14.5. The largest absolute Gasteiger partial charge is 0.461 e. The summed E-state index contributed by atoms with van der Waals surface area (Å²) in [5, 5.41) is 8.10. The van der Waals surface area contributed by atoms with Crippen molar-refractivity contribution in [2.75, 3.05) is 19.8 Å². The summed E-state index contributed by atoms with van der Waals surface area (Å²) in [6, 6.07) is -1.33. The van der Waals surface area contributed by atoms with Gasteiger partial charge in [0.15, 0.2) is 11.6 Å². The molecule has 3 aliphatic heterocycles. The Balaban J connectivity index is 2.06. The highest BCUT2D eigenvalue weighted by Gasteiger charge is 2.66. The Labute approximate surface area is 208 Å². The standard InChI is InChI=1S/C19H31Cl3NO9P/c1-7-25-16(26-8-2)33(24)14(28-15(23)19(20,21)22)13-12(30-18(5,6)31-13)11(32-33)10-9-27-17(3,4)29-10/h10-14,16,23H,7-9H2,1-6H3/t10-,11-,12+,13+,14-,33?/m1/s1. The lowest BCUT2D eigenvalue weighted by Crippen LogP contribution is -2.56. The SMILES string of the molecule is CCOC(OCC)P1(=O)O[C@H]([C@H]2COC(C)(C)O2)[C@@H]2OC(C)(C)O[C@@H]2[C@@H]1OC(=N)C(Cl)(Cl)Cl. The van der Waals surface area contributed by atoms with Crippen molar-refractivity contribution in [3.8, 4) is 0 Å². The molecule has 14 heteroatoms. The minimum atomic E-state index is -4.09. The third kappa shape index (κ3) is 6.00. The number of halogens is 3. The minimum absolute atomic E-state index is 0.171. The zero-order valence-electron chi connectivity index (χ0n) is 19.3. The van der Waals surface area contributed by atoms with E-state index >= 15 is 0 Å². The second-order valence-electron chi connectivity index (χ2n) is 8.70. The third-order valence-electron chi connectivity index (χ3n) is 5.21. The van der Waals surface area contributed by atoms with Crippen LogP contribution in [0.5, 0.6) is 0 Å². The quantitative estimate of drug-likeness (QED) is 0.161. The monoisotopic (exact) mass is 553 g/mol. The van der Waals surface area contributed by atoms with Crippen LogP contribution in [0.15, 0.2) is 0 Å². The number of alkyl halides is 3. The maximum absolute atomic E-state index is 14.5. The summed E-state index contributed by atoms with van der Waals surface area (Å²) < 4.78 is 59.4. The Morgan fingerprint density at radius 2 is 1.61 bits per heavy atom. The van der Waals surface area contributed by atoms with Gasteiger partial charge in [-0.1, -0.05) is 34.8 Å². The van der Waals surface area contributed by atoms with E-state index in [4.69, 9.17) is 77.9 Å². The highest BCUT2D eigenvalue weighted by atomic mass is 35.6. The van der Waals surface area contributed by atoms with Crippen LogP contribution in [-0.2, 0) is 42.2 Å². The molecule has 3 aliphatic rings. The van der Waals surface area contributed by atoms with Crippen LogP contribution < -0.4 is 0 Å². The molecule has 0 aliphatic carbocycles. The fraction of sp³-hybridized carbons (Fsp3) is 0.947. The van der Waals surface area contributed by atoms with Crippen molar-refractivity contribution in [1.29, 1.82) is 5.41 Å². The van der Waals surface area contributed by atoms with Gasteiger partial charge in [-0.2, -0.15) is 0 Å². The van der Waals surface area contributed by atoms with E-state index in [9.17, 15) is 4.57 Å². The van der Waals surface area contributed by atoms with Gasteiger partial charge in [0.25, 0.3) is 11.2 Å². The molecule has 0 spiro atoms. The molecule has 0 aromatic heterocycles. The summed E-state index contributed by atoms with van der Waals surface area (Å²) in [6.45, 7) is 10.9. The highest BCUT2D eigenvalue weighted by Crippen LogP contribution is 2.66. The normalized spacial score (nSPS) is 37.8. The summed E-state index contributed by atoms with van der Waals surface area (Å²) >= 11 is 17.5. The summed E-state index contributed by atoms with van der Waals surface area (Å²) in [4.78, 5) is 0. The van der Waals surface area contributed by atoms with Gasteiger partial charge < -0.3 is 37.7 Å². The van der Waals surface area contributed by atoms with E-state index < -0.39 is 64.9 Å². The van der Waals surface area contributed by atoms with E-state index in [1.807, 2.05) is 0 Å². The molecule has 1 N–H and O–H groups in total. The topological polar surface area (TPSA) is 115 Å². The fourth-order valence-corrected chi connectivity index (χ4v) is 6.84. The smallest absolute Gasteiger partial charge is 0.300 e. The molecule has 192 valence electrons. The first kappa shape index (κ1) is 27.9. The van der Waals surface area contributed by atoms with E-state index in [-0.39, 0.29) is 19.8 Å². The van der Waals surface area contributed by atoms with Crippen LogP contribution >= 0.6 is 42.2 Å². The Morgan fingerprint density at radius 3 is 2.09 bits per heavy atom. The third-order valence-corrected chi connectivity index (χ3v) is 8.30. The number of fused-ring (bicyclic) bond motifs is 1. The van der Waals surface area contributed by atoms with Gasteiger partial charge in [0.2, 0.25) is 17.8 Å². The molecule has 10 nitrogen and oxygen atoms in total. The van der Waals surface area contributed by atoms with Crippen molar-refractivity contribution in [2.45, 2.75) is 93.2 Å². The molecule has 6 atom stereocenters. The second kappa shape index (κ2) is 9.98. The first-order valence-corrected chi connectivity index (χ1v) is 13.5. The average Bonchev–Trinajstić information content (AvgIpc) is 3.20. The predicted octanol–water partition coefficient (Wildman–Crippen LogP) is 4.38. The number of hydrogen-bond donors (Lipinski definition) is 1. The van der Waals surface area contributed by atoms with Crippen LogP contribution in [0.4, 0.5) is 0 Å². The van der Waals surface area contributed by atoms with Gasteiger partial charge in [0.05, 0.1) is 6.61 Å². The second-order valence-corrected chi connectivity index (χ2v) is 13.4. The van der Waals surface area contributed by atoms with E-state index in [1.165, 1.54) is 0 Å². The van der Waals surface area contributed by atoms with E-state index in [2.05, 4.69) is 0 Å². The van der Waals surface area contributed by atoms with Gasteiger partial charge in [0, 0.05) is 13.2 Å². The van der Waals surface area contributed by atoms with Crippen LogP contribution in [0, 0.1) is 5.41 Å². The van der Waals surface area contributed by atoms with Crippen molar-refractivity contribution in [3.05, 3.63) is 0 Å². The summed E-state index contributed by atoms with van der Waals surface area (Å²) in [5.74, 6) is -4.12.